The summed E-state index contributed by atoms with van der Waals surface area (Å²) in [5.74, 6) is 0. The van der Waals surface area contributed by atoms with Crippen LogP contribution < -0.4 is 5.73 Å². The zero-order chi connectivity index (χ0) is 13.5. The standard InChI is InChI=1S/C7H14NO2.C5H6N.Pt/c1-3-8(4-2)5-6-10-7-9;1-3-5(6)4-2;/h3-6H2,1-2H3;1-4H,6H2;/q2*-1;/b;5-3+;. The molecule has 0 aliphatic rings. The molecule has 0 fully saturated rings. The summed E-state index contributed by atoms with van der Waals surface area (Å²) in [6.07, 6.45) is 3.08. The third-order valence-electron chi connectivity index (χ3n) is 1.90. The van der Waals surface area contributed by atoms with E-state index in [9.17, 15) is 4.79 Å². The molecule has 0 aromatic rings. The van der Waals surface area contributed by atoms with Crippen molar-refractivity contribution in [2.45, 2.75) is 13.8 Å². The fraction of sp³-hybridized carbons (Fsp3) is 0.500. The minimum atomic E-state index is 0.450. The van der Waals surface area contributed by atoms with Gasteiger partial charge in [-0.15, -0.1) is 0 Å². The van der Waals surface area contributed by atoms with Gasteiger partial charge in [0.2, 0.25) is 0 Å². The number of hydrogen-bond donors (Lipinski definition) is 1. The van der Waals surface area contributed by atoms with Crippen molar-refractivity contribution in [2.24, 2.45) is 5.73 Å². The second kappa shape index (κ2) is 15.3. The molecule has 0 saturated heterocycles. The number of rotatable bonds is 8. The van der Waals surface area contributed by atoms with E-state index in [1.54, 1.807) is 10.5 Å². The summed E-state index contributed by atoms with van der Waals surface area (Å²) in [5, 5.41) is 0. The number of carbonyl (C=O) groups excluding carboxylic acids is 1. The van der Waals surface area contributed by atoms with Crippen LogP contribution in [0.3, 0.4) is 0 Å². The molecule has 0 rings (SSSR count). The Morgan fingerprint density at radius 2 is 2.12 bits per heavy atom. The average molecular weight is 419 g/mol. The molecule has 0 unspecified atom stereocenters. The molecule has 0 spiro atoms. The molecule has 5 heteroatoms. The van der Waals surface area contributed by atoms with Crippen molar-refractivity contribution in [3.05, 3.63) is 24.4 Å². The number of nitrogens with zero attached hydrogens (tertiary/aromatic N) is 1. The molecule has 0 aliphatic carbocycles. The van der Waals surface area contributed by atoms with Crippen LogP contribution in [0.15, 0.2) is 17.8 Å². The zero-order valence-electron chi connectivity index (χ0n) is 10.3. The molecule has 0 aliphatic heterocycles. The van der Waals surface area contributed by atoms with E-state index in [2.05, 4.69) is 42.8 Å². The monoisotopic (exact) mass is 419 g/mol. The number of allylic oxidation sites excluding steroid dienone is 2. The summed E-state index contributed by atoms with van der Waals surface area (Å²) in [5.41, 5.74) is 5.82. The summed E-state index contributed by atoms with van der Waals surface area (Å²) >= 11 is 2.06. The fourth-order valence-electron chi connectivity index (χ4n) is 0.873. The quantitative estimate of drug-likeness (QED) is 0.355. The number of hydrogen-bond acceptors (Lipinski definition) is 4. The summed E-state index contributed by atoms with van der Waals surface area (Å²) in [6, 6.07) is 0. The van der Waals surface area contributed by atoms with Crippen molar-refractivity contribution >= 4 is 10.9 Å². The Hall–Kier alpha value is -0.732. The van der Waals surface area contributed by atoms with Crippen molar-refractivity contribution in [1.82, 2.24) is 4.90 Å². The van der Waals surface area contributed by atoms with Crippen LogP contribution in [0, 0.1) is 6.58 Å². The predicted octanol–water partition coefficient (Wildman–Crippen LogP) is 0.579. The van der Waals surface area contributed by atoms with Gasteiger partial charge in [-0.3, -0.25) is 0 Å². The van der Waals surface area contributed by atoms with Crippen LogP contribution in [0.1, 0.15) is 13.8 Å². The van der Waals surface area contributed by atoms with E-state index in [0.717, 1.165) is 19.6 Å². The molecule has 17 heavy (non-hydrogen) atoms. The van der Waals surface area contributed by atoms with Gasteiger partial charge in [0.05, 0.1) is 6.61 Å². The minimum absolute atomic E-state index is 0.450. The van der Waals surface area contributed by atoms with Crippen LogP contribution in [0.5, 0.6) is 0 Å². The van der Waals surface area contributed by atoms with E-state index < -0.39 is 0 Å². The van der Waals surface area contributed by atoms with E-state index in [1.807, 2.05) is 0 Å². The fourth-order valence-corrected chi connectivity index (χ4v) is 1.31. The molecule has 0 bridgehead atoms. The summed E-state index contributed by atoms with van der Waals surface area (Å²) in [7, 11) is 0. The van der Waals surface area contributed by atoms with E-state index in [0.29, 0.717) is 12.3 Å². The first-order valence-corrected chi connectivity index (χ1v) is 6.59. The van der Waals surface area contributed by atoms with Crippen molar-refractivity contribution in [3.8, 4) is 0 Å². The molecule has 0 aromatic heterocycles. The second-order valence-corrected chi connectivity index (χ2v) is 3.65. The van der Waals surface area contributed by atoms with Gasteiger partial charge in [0.25, 0.3) is 0 Å². The first-order chi connectivity index (χ1) is 8.15. The maximum absolute atomic E-state index is 9.60. The first kappa shape index (κ1) is 18.6. The van der Waals surface area contributed by atoms with Crippen LogP contribution in [-0.2, 0) is 28.9 Å². The van der Waals surface area contributed by atoms with E-state index >= 15 is 0 Å². The van der Waals surface area contributed by atoms with Crippen molar-refractivity contribution in [2.75, 3.05) is 26.2 Å². The Morgan fingerprint density at radius 1 is 1.53 bits per heavy atom. The van der Waals surface area contributed by atoms with Crippen LogP contribution in [0.25, 0.3) is 0 Å². The Balaban J connectivity index is 0. The van der Waals surface area contributed by atoms with Gasteiger partial charge in [-0.25, -0.2) is 0 Å². The van der Waals surface area contributed by atoms with E-state index in [-0.39, 0.29) is 0 Å². The van der Waals surface area contributed by atoms with Gasteiger partial charge in [-0.1, -0.05) is 20.3 Å². The normalized spacial score (nSPS) is 10.3. The molecule has 0 amide bonds. The third-order valence-corrected chi connectivity index (χ3v) is 2.28. The average Bonchev–Trinajstić information content (AvgIpc) is 2.36. The van der Waals surface area contributed by atoms with Gasteiger partial charge in [-0.05, 0) is 13.1 Å². The Bertz CT molecular complexity index is 239. The molecule has 2 N–H and O–H groups in total. The molecule has 102 valence electrons. The Kier molecular flexibility index (Phi) is 16.7. The zero-order valence-corrected chi connectivity index (χ0v) is 12.6. The molecule has 0 aromatic carbocycles. The van der Waals surface area contributed by atoms with Gasteiger partial charge >= 0.3 is 53.9 Å². The predicted molar refractivity (Wildman–Crippen MR) is 66.6 cm³/mol. The van der Waals surface area contributed by atoms with Crippen molar-refractivity contribution < 1.29 is 28.9 Å². The molecule has 0 atom stereocenters. The van der Waals surface area contributed by atoms with E-state index in [4.69, 9.17) is 12.3 Å². The molecule has 0 heterocycles. The van der Waals surface area contributed by atoms with Crippen LogP contribution >= 0.6 is 0 Å². The van der Waals surface area contributed by atoms with Crippen LogP contribution in [0.2, 0.25) is 0 Å². The van der Waals surface area contributed by atoms with Gasteiger partial charge in [0, 0.05) is 6.54 Å². The van der Waals surface area contributed by atoms with Crippen molar-refractivity contribution in [3.63, 3.8) is 0 Å². The molecule has 0 radical (unpaired) electrons. The molecular formula is C12H20N2O2Pt-2. The van der Waals surface area contributed by atoms with Crippen LogP contribution in [0.4, 0.5) is 0 Å². The summed E-state index contributed by atoms with van der Waals surface area (Å²) < 4.78 is 6.22. The van der Waals surface area contributed by atoms with E-state index in [1.165, 1.54) is 12.5 Å². The number of likely N-dealkylation sites (N-methyl/N-ethyl adjacent to an activating group) is 1. The van der Waals surface area contributed by atoms with Gasteiger partial charge in [-0.2, -0.15) is 0 Å². The summed E-state index contributed by atoms with van der Waals surface area (Å²) in [4.78, 5) is 11.8. The maximum atomic E-state index is 9.60. The van der Waals surface area contributed by atoms with Gasteiger partial charge in [0.15, 0.2) is 0 Å². The Labute approximate surface area is 115 Å². The van der Waals surface area contributed by atoms with Gasteiger partial charge < -0.3 is 14.4 Å². The SMILES string of the molecule is CCN(CC)CCO[C-]=O.[CH-]=C/C(N)=C\[CH]=[Pt]. The first-order valence-electron chi connectivity index (χ1n) is 5.28. The summed E-state index contributed by atoms with van der Waals surface area (Å²) in [6.45, 7) is 13.8. The second-order valence-electron chi connectivity index (χ2n) is 2.90. The topological polar surface area (TPSA) is 55.6 Å². The Morgan fingerprint density at radius 3 is 2.41 bits per heavy atom. The van der Waals surface area contributed by atoms with Gasteiger partial charge in [0.1, 0.15) is 0 Å². The van der Waals surface area contributed by atoms with Crippen LogP contribution in [-0.4, -0.2) is 42.0 Å². The molecule has 4 nitrogen and oxygen atoms in total. The number of ether oxygens (including phenoxy) is 1. The number of nitrogens with two attached hydrogens (primary N) is 1. The van der Waals surface area contributed by atoms with Crippen molar-refractivity contribution in [1.29, 1.82) is 0 Å². The molecule has 0 saturated carbocycles. The molecular weight excluding hydrogens is 399 g/mol. The third kappa shape index (κ3) is 15.3.